The van der Waals surface area contributed by atoms with Crippen LogP contribution in [0.4, 0.5) is 0 Å². The second-order valence-corrected chi connectivity index (χ2v) is 6.03. The van der Waals surface area contributed by atoms with Gasteiger partial charge in [0.1, 0.15) is 5.84 Å². The second kappa shape index (κ2) is 5.59. The molecule has 2 unspecified atom stereocenters. The van der Waals surface area contributed by atoms with E-state index >= 15 is 0 Å². The largest absolute Gasteiger partial charge is 0.409 e. The highest BCUT2D eigenvalue weighted by Gasteiger charge is 2.41. The molecule has 1 rings (SSSR count). The standard InChI is InChI=1S/C13H25N3O2/c1-9(8-11(14)15-18)16(4)12(17)10-6-5-7-13(10,2)3/h9-10,18H,5-8H2,1-4H3,(H2,14,15). The highest BCUT2D eigenvalue weighted by molar-refractivity contribution is 5.83. The minimum absolute atomic E-state index is 0.0511. The molecule has 0 saturated heterocycles. The molecule has 5 heteroatoms. The second-order valence-electron chi connectivity index (χ2n) is 6.03. The van der Waals surface area contributed by atoms with Crippen LogP contribution in [0.3, 0.4) is 0 Å². The van der Waals surface area contributed by atoms with E-state index in [4.69, 9.17) is 10.9 Å². The molecule has 0 aromatic rings. The van der Waals surface area contributed by atoms with Crippen molar-refractivity contribution in [2.45, 2.75) is 52.5 Å². The van der Waals surface area contributed by atoms with Crippen LogP contribution in [0.25, 0.3) is 0 Å². The van der Waals surface area contributed by atoms with Gasteiger partial charge in [0, 0.05) is 25.4 Å². The van der Waals surface area contributed by atoms with Gasteiger partial charge in [0.15, 0.2) is 0 Å². The molecule has 0 aliphatic heterocycles. The predicted octanol–water partition coefficient (Wildman–Crippen LogP) is 1.80. The summed E-state index contributed by atoms with van der Waals surface area (Å²) in [5.74, 6) is 0.431. The Kier molecular flexibility index (Phi) is 4.59. The van der Waals surface area contributed by atoms with Gasteiger partial charge in [-0.2, -0.15) is 0 Å². The van der Waals surface area contributed by atoms with Crippen LogP contribution in [-0.4, -0.2) is 34.9 Å². The van der Waals surface area contributed by atoms with Crippen molar-refractivity contribution in [1.29, 1.82) is 0 Å². The maximum absolute atomic E-state index is 12.5. The third-order valence-electron chi connectivity index (χ3n) is 4.20. The zero-order chi connectivity index (χ0) is 13.9. The average molecular weight is 255 g/mol. The summed E-state index contributed by atoms with van der Waals surface area (Å²) >= 11 is 0. The van der Waals surface area contributed by atoms with Gasteiger partial charge in [-0.15, -0.1) is 0 Å². The molecule has 1 saturated carbocycles. The molecule has 0 spiro atoms. The van der Waals surface area contributed by atoms with Crippen molar-refractivity contribution in [3.8, 4) is 0 Å². The fraction of sp³-hybridized carbons (Fsp3) is 0.846. The zero-order valence-electron chi connectivity index (χ0n) is 11.8. The fourth-order valence-corrected chi connectivity index (χ4v) is 2.73. The number of amides is 1. The molecule has 0 radical (unpaired) electrons. The van der Waals surface area contributed by atoms with Crippen LogP contribution in [0.5, 0.6) is 0 Å². The number of rotatable bonds is 4. The normalized spacial score (nSPS) is 24.9. The van der Waals surface area contributed by atoms with Crippen LogP contribution < -0.4 is 5.73 Å². The molecule has 5 nitrogen and oxygen atoms in total. The van der Waals surface area contributed by atoms with Crippen molar-refractivity contribution in [3.63, 3.8) is 0 Å². The molecule has 1 amide bonds. The van der Waals surface area contributed by atoms with Crippen molar-refractivity contribution in [2.75, 3.05) is 7.05 Å². The Morgan fingerprint density at radius 1 is 1.61 bits per heavy atom. The summed E-state index contributed by atoms with van der Waals surface area (Å²) in [6.45, 7) is 6.23. The lowest BCUT2D eigenvalue weighted by Gasteiger charge is -2.33. The van der Waals surface area contributed by atoms with Crippen molar-refractivity contribution >= 4 is 11.7 Å². The Morgan fingerprint density at radius 3 is 2.67 bits per heavy atom. The molecule has 3 N–H and O–H groups in total. The molecule has 0 aromatic heterocycles. The molecule has 0 heterocycles. The van der Waals surface area contributed by atoms with Crippen LogP contribution in [0.1, 0.15) is 46.5 Å². The quantitative estimate of drug-likeness (QED) is 0.348. The molecule has 104 valence electrons. The van der Waals surface area contributed by atoms with E-state index in [1.807, 2.05) is 6.92 Å². The molecule has 1 fully saturated rings. The van der Waals surface area contributed by atoms with Gasteiger partial charge in [0.25, 0.3) is 0 Å². The van der Waals surface area contributed by atoms with Crippen molar-refractivity contribution in [1.82, 2.24) is 4.90 Å². The van der Waals surface area contributed by atoms with Gasteiger partial charge in [-0.1, -0.05) is 25.4 Å². The van der Waals surface area contributed by atoms with Gasteiger partial charge >= 0.3 is 0 Å². The number of hydrogen-bond donors (Lipinski definition) is 2. The Balaban J connectivity index is 2.66. The number of carbonyl (C=O) groups is 1. The van der Waals surface area contributed by atoms with Crippen molar-refractivity contribution < 1.29 is 10.0 Å². The highest BCUT2D eigenvalue weighted by atomic mass is 16.4. The molecule has 18 heavy (non-hydrogen) atoms. The van der Waals surface area contributed by atoms with E-state index in [9.17, 15) is 4.79 Å². The topological polar surface area (TPSA) is 78.9 Å². The monoisotopic (exact) mass is 255 g/mol. The Hall–Kier alpha value is -1.26. The number of hydrogen-bond acceptors (Lipinski definition) is 3. The number of nitrogens with zero attached hydrogens (tertiary/aromatic N) is 2. The molecule has 2 atom stereocenters. The SMILES string of the molecule is CC(CC(N)=NO)N(C)C(=O)C1CCCC1(C)C. The first-order valence-corrected chi connectivity index (χ1v) is 6.52. The summed E-state index contributed by atoms with van der Waals surface area (Å²) in [4.78, 5) is 14.2. The first-order valence-electron chi connectivity index (χ1n) is 6.52. The number of nitrogens with two attached hydrogens (primary N) is 1. The van der Waals surface area contributed by atoms with Crippen molar-refractivity contribution in [3.05, 3.63) is 0 Å². The van der Waals surface area contributed by atoms with Crippen LogP contribution in [-0.2, 0) is 4.79 Å². The molecule has 0 aromatic carbocycles. The minimum Gasteiger partial charge on any atom is -0.409 e. The van der Waals surface area contributed by atoms with Crippen LogP contribution in [0, 0.1) is 11.3 Å². The van der Waals surface area contributed by atoms with E-state index in [1.165, 1.54) is 0 Å². The van der Waals surface area contributed by atoms with E-state index in [0.717, 1.165) is 19.3 Å². The highest BCUT2D eigenvalue weighted by Crippen LogP contribution is 2.43. The number of carbonyl (C=O) groups excluding carboxylic acids is 1. The minimum atomic E-state index is -0.0511. The lowest BCUT2D eigenvalue weighted by Crippen LogP contribution is -2.43. The molecule has 0 bridgehead atoms. The smallest absolute Gasteiger partial charge is 0.226 e. The van der Waals surface area contributed by atoms with Crippen LogP contribution in [0.2, 0.25) is 0 Å². The lowest BCUT2D eigenvalue weighted by atomic mass is 9.81. The van der Waals surface area contributed by atoms with Gasteiger partial charge in [-0.3, -0.25) is 4.79 Å². The first kappa shape index (κ1) is 14.8. The summed E-state index contributed by atoms with van der Waals surface area (Å²) in [6, 6.07) is -0.0511. The van der Waals surface area contributed by atoms with Gasteiger partial charge in [-0.25, -0.2) is 0 Å². The first-order chi connectivity index (χ1) is 8.29. The van der Waals surface area contributed by atoms with E-state index < -0.39 is 0 Å². The maximum Gasteiger partial charge on any atom is 0.226 e. The summed E-state index contributed by atoms with van der Waals surface area (Å²) in [5.41, 5.74) is 5.57. The molecular formula is C13H25N3O2. The number of oxime groups is 1. The lowest BCUT2D eigenvalue weighted by molar-refractivity contribution is -0.138. The fourth-order valence-electron chi connectivity index (χ4n) is 2.73. The zero-order valence-corrected chi connectivity index (χ0v) is 11.8. The third kappa shape index (κ3) is 3.15. The van der Waals surface area contributed by atoms with E-state index in [2.05, 4.69) is 19.0 Å². The van der Waals surface area contributed by atoms with Crippen molar-refractivity contribution in [2.24, 2.45) is 22.2 Å². The molecule has 1 aliphatic carbocycles. The Labute approximate surface area is 109 Å². The van der Waals surface area contributed by atoms with E-state index in [-0.39, 0.29) is 29.1 Å². The van der Waals surface area contributed by atoms with Gasteiger partial charge in [-0.05, 0) is 25.2 Å². The Morgan fingerprint density at radius 2 is 2.22 bits per heavy atom. The van der Waals surface area contributed by atoms with Gasteiger partial charge < -0.3 is 15.8 Å². The summed E-state index contributed by atoms with van der Waals surface area (Å²) in [5, 5.41) is 11.5. The van der Waals surface area contributed by atoms with E-state index in [1.54, 1.807) is 11.9 Å². The van der Waals surface area contributed by atoms with Gasteiger partial charge in [0.2, 0.25) is 5.91 Å². The average Bonchev–Trinajstić information content (AvgIpc) is 2.66. The van der Waals surface area contributed by atoms with E-state index in [0.29, 0.717) is 6.42 Å². The summed E-state index contributed by atoms with van der Waals surface area (Å²) in [6.07, 6.45) is 3.58. The summed E-state index contributed by atoms with van der Waals surface area (Å²) in [7, 11) is 1.80. The number of amidine groups is 1. The molecule has 1 aliphatic rings. The summed E-state index contributed by atoms with van der Waals surface area (Å²) < 4.78 is 0. The van der Waals surface area contributed by atoms with Crippen LogP contribution >= 0.6 is 0 Å². The Bertz CT molecular complexity index is 339. The van der Waals surface area contributed by atoms with Gasteiger partial charge in [0.05, 0.1) is 0 Å². The third-order valence-corrected chi connectivity index (χ3v) is 4.20. The maximum atomic E-state index is 12.5. The molecular weight excluding hydrogens is 230 g/mol. The predicted molar refractivity (Wildman–Crippen MR) is 71.4 cm³/mol. The van der Waals surface area contributed by atoms with Crippen LogP contribution in [0.15, 0.2) is 5.16 Å².